The maximum Gasteiger partial charge on any atom is 0.210 e. The van der Waals surface area contributed by atoms with Gasteiger partial charge in [0.2, 0.25) is 9.84 Å². The third-order valence-corrected chi connectivity index (χ3v) is 9.82. The van der Waals surface area contributed by atoms with Crippen LogP contribution in [0.5, 0.6) is 0 Å². The van der Waals surface area contributed by atoms with Crippen LogP contribution >= 0.6 is 0 Å². The first-order chi connectivity index (χ1) is 17.6. The van der Waals surface area contributed by atoms with Crippen LogP contribution in [0.1, 0.15) is 24.7 Å². The molecule has 1 aromatic heterocycles. The Bertz CT molecular complexity index is 1900. The largest absolute Gasteiger partial charge is 0.294 e. The van der Waals surface area contributed by atoms with Gasteiger partial charge < -0.3 is 0 Å². The number of fused-ring (bicyclic) bond motifs is 2. The van der Waals surface area contributed by atoms with E-state index in [0.29, 0.717) is 27.4 Å². The van der Waals surface area contributed by atoms with E-state index in [4.69, 9.17) is 4.98 Å². The SMILES string of the molecule is CCc1nc2cccc3c2n1-c1cc(C2=C4C=CC=C5C=CC6=C(C(=C2)CC=C6)C54)ccc1S3(=O)=O. The number of aromatic nitrogens is 2. The summed E-state index contributed by atoms with van der Waals surface area (Å²) >= 11 is 0. The van der Waals surface area contributed by atoms with Crippen LogP contribution in [0.4, 0.5) is 0 Å². The van der Waals surface area contributed by atoms with Crippen molar-refractivity contribution in [2.45, 2.75) is 29.6 Å². The summed E-state index contributed by atoms with van der Waals surface area (Å²) in [5, 5.41) is 0. The number of imidazole rings is 1. The third kappa shape index (κ3) is 2.43. The minimum absolute atomic E-state index is 0.224. The molecule has 0 N–H and O–H groups in total. The Balaban J connectivity index is 1.41. The molecule has 3 aromatic rings. The van der Waals surface area contributed by atoms with Gasteiger partial charge in [0, 0.05) is 12.3 Å². The number of para-hydroxylation sites is 1. The van der Waals surface area contributed by atoms with Crippen LogP contribution in [-0.4, -0.2) is 18.0 Å². The maximum atomic E-state index is 13.7. The fourth-order valence-corrected chi connectivity index (χ4v) is 8.06. The van der Waals surface area contributed by atoms with Gasteiger partial charge in [0.25, 0.3) is 0 Å². The Morgan fingerprint density at radius 3 is 2.86 bits per heavy atom. The number of aryl methyl sites for hydroxylation is 1. The van der Waals surface area contributed by atoms with Crippen molar-refractivity contribution in [3.63, 3.8) is 0 Å². The van der Waals surface area contributed by atoms with Gasteiger partial charge in [-0.05, 0) is 69.7 Å². The molecule has 0 spiro atoms. The first-order valence-electron chi connectivity index (χ1n) is 12.4. The van der Waals surface area contributed by atoms with Crippen molar-refractivity contribution in [1.29, 1.82) is 0 Å². The van der Waals surface area contributed by atoms with Crippen molar-refractivity contribution in [3.05, 3.63) is 124 Å². The van der Waals surface area contributed by atoms with Crippen molar-refractivity contribution < 1.29 is 8.42 Å². The van der Waals surface area contributed by atoms with Crippen molar-refractivity contribution in [2.24, 2.45) is 5.92 Å². The van der Waals surface area contributed by atoms with Crippen LogP contribution in [-0.2, 0) is 16.3 Å². The maximum absolute atomic E-state index is 13.7. The van der Waals surface area contributed by atoms with Crippen LogP contribution in [0.2, 0.25) is 0 Å². The zero-order valence-electron chi connectivity index (χ0n) is 19.7. The van der Waals surface area contributed by atoms with Crippen LogP contribution in [0.3, 0.4) is 0 Å². The van der Waals surface area contributed by atoms with E-state index in [1.165, 1.54) is 33.4 Å². The van der Waals surface area contributed by atoms with E-state index in [9.17, 15) is 8.42 Å². The standard InChI is InChI=1S/C31H22N2O2S/c1-2-28-32-24-10-5-11-27-31(24)33(28)25-17-20(14-15-26(25)36(27,34)35)23-16-21-8-3-6-18-12-13-19-7-4-9-22(23)30(19)29(18)21/h3-7,9-17,30H,2,8H2,1H3. The van der Waals surface area contributed by atoms with Crippen LogP contribution in [0.25, 0.3) is 22.3 Å². The van der Waals surface area contributed by atoms with Gasteiger partial charge in [-0.3, -0.25) is 4.57 Å². The third-order valence-electron chi connectivity index (χ3n) is 7.99. The first-order valence-corrected chi connectivity index (χ1v) is 13.9. The second-order valence-electron chi connectivity index (χ2n) is 9.83. The molecule has 1 unspecified atom stereocenters. The smallest absolute Gasteiger partial charge is 0.210 e. The van der Waals surface area contributed by atoms with Crippen molar-refractivity contribution in [3.8, 4) is 5.69 Å². The van der Waals surface area contributed by atoms with E-state index in [1.54, 1.807) is 18.2 Å². The summed E-state index contributed by atoms with van der Waals surface area (Å²) < 4.78 is 29.4. The number of hydrogen-bond donors (Lipinski definition) is 0. The molecule has 0 bridgehead atoms. The molecule has 0 radical (unpaired) electrons. The molecule has 4 nitrogen and oxygen atoms in total. The number of hydrogen-bond acceptors (Lipinski definition) is 3. The van der Waals surface area contributed by atoms with Gasteiger partial charge in [-0.2, -0.15) is 0 Å². The number of nitrogens with zero attached hydrogens (tertiary/aromatic N) is 2. The molecular formula is C31H22N2O2S. The molecule has 1 aliphatic heterocycles. The zero-order valence-corrected chi connectivity index (χ0v) is 20.5. The lowest BCUT2D eigenvalue weighted by Gasteiger charge is -2.37. The molecule has 0 saturated heterocycles. The fraction of sp³-hybridized carbons (Fsp3) is 0.129. The van der Waals surface area contributed by atoms with Gasteiger partial charge in [0.1, 0.15) is 5.82 Å². The molecule has 36 heavy (non-hydrogen) atoms. The predicted octanol–water partition coefficient (Wildman–Crippen LogP) is 6.37. The monoisotopic (exact) mass is 486 g/mol. The second kappa shape index (κ2) is 6.83. The van der Waals surface area contributed by atoms with E-state index in [0.717, 1.165) is 23.3 Å². The van der Waals surface area contributed by atoms with Crippen LogP contribution in [0.15, 0.2) is 123 Å². The molecular weight excluding hydrogens is 464 g/mol. The predicted molar refractivity (Wildman–Crippen MR) is 142 cm³/mol. The van der Waals surface area contributed by atoms with E-state index in [2.05, 4.69) is 66.2 Å². The lowest BCUT2D eigenvalue weighted by molar-refractivity contribution is 0.594. The summed E-state index contributed by atoms with van der Waals surface area (Å²) in [6.07, 6.45) is 19.4. The van der Waals surface area contributed by atoms with E-state index in [-0.39, 0.29) is 5.92 Å². The Labute approximate surface area is 209 Å². The highest BCUT2D eigenvalue weighted by molar-refractivity contribution is 7.92. The highest BCUT2D eigenvalue weighted by Gasteiger charge is 2.36. The summed E-state index contributed by atoms with van der Waals surface area (Å²) in [6, 6.07) is 11.2. The number of sulfone groups is 1. The number of benzene rings is 2. The quantitative estimate of drug-likeness (QED) is 0.331. The molecule has 2 aromatic carbocycles. The van der Waals surface area contributed by atoms with Gasteiger partial charge in [0.15, 0.2) is 0 Å². The van der Waals surface area contributed by atoms with Gasteiger partial charge in [-0.25, -0.2) is 13.4 Å². The topological polar surface area (TPSA) is 52.0 Å². The van der Waals surface area contributed by atoms with E-state index < -0.39 is 9.84 Å². The average Bonchev–Trinajstić information content (AvgIpc) is 3.29. The molecule has 0 amide bonds. The molecule has 8 rings (SSSR count). The van der Waals surface area contributed by atoms with Gasteiger partial charge in [0.05, 0.1) is 26.5 Å². The lowest BCUT2D eigenvalue weighted by atomic mass is 9.66. The van der Waals surface area contributed by atoms with E-state index >= 15 is 0 Å². The Hall–Kier alpha value is -3.96. The Morgan fingerprint density at radius 2 is 1.97 bits per heavy atom. The lowest BCUT2D eigenvalue weighted by Crippen LogP contribution is -2.22. The molecule has 1 atom stereocenters. The van der Waals surface area contributed by atoms with Gasteiger partial charge >= 0.3 is 0 Å². The molecule has 4 aliphatic carbocycles. The number of allylic oxidation sites excluding steroid dienone is 14. The molecule has 0 saturated carbocycles. The highest BCUT2D eigenvalue weighted by atomic mass is 32.2. The van der Waals surface area contributed by atoms with Crippen molar-refractivity contribution >= 4 is 26.4 Å². The number of rotatable bonds is 2. The van der Waals surface area contributed by atoms with E-state index in [1.807, 2.05) is 12.1 Å². The van der Waals surface area contributed by atoms with Gasteiger partial charge in [-0.15, -0.1) is 0 Å². The van der Waals surface area contributed by atoms with Crippen molar-refractivity contribution in [2.75, 3.05) is 0 Å². The van der Waals surface area contributed by atoms with Crippen LogP contribution in [0, 0.1) is 5.92 Å². The molecule has 5 heteroatoms. The van der Waals surface area contributed by atoms with Crippen LogP contribution < -0.4 is 0 Å². The summed E-state index contributed by atoms with van der Waals surface area (Å²) in [4.78, 5) is 5.47. The summed E-state index contributed by atoms with van der Waals surface area (Å²) in [6.45, 7) is 2.06. The highest BCUT2D eigenvalue weighted by Crippen LogP contribution is 2.51. The zero-order chi connectivity index (χ0) is 24.2. The summed E-state index contributed by atoms with van der Waals surface area (Å²) in [5.74, 6) is 1.10. The summed E-state index contributed by atoms with van der Waals surface area (Å²) in [7, 11) is -3.64. The fourth-order valence-electron chi connectivity index (χ4n) is 6.44. The molecule has 5 aliphatic rings. The van der Waals surface area contributed by atoms with Gasteiger partial charge in [-0.1, -0.05) is 67.7 Å². The average molecular weight is 487 g/mol. The Kier molecular flexibility index (Phi) is 3.84. The molecule has 174 valence electrons. The Morgan fingerprint density at radius 1 is 1.06 bits per heavy atom. The minimum atomic E-state index is -3.64. The molecule has 0 fully saturated rings. The minimum Gasteiger partial charge on any atom is -0.294 e. The normalized spacial score (nSPS) is 22.0. The second-order valence-corrected chi connectivity index (χ2v) is 11.7. The summed E-state index contributed by atoms with van der Waals surface area (Å²) in [5.41, 5.74) is 10.9. The van der Waals surface area contributed by atoms with Crippen molar-refractivity contribution in [1.82, 2.24) is 9.55 Å². The molecule has 2 heterocycles. The first kappa shape index (κ1) is 20.3.